The van der Waals surface area contributed by atoms with Gasteiger partial charge in [0.05, 0.1) is 11.4 Å². The Labute approximate surface area is 151 Å². The third-order valence-corrected chi connectivity index (χ3v) is 6.15. The van der Waals surface area contributed by atoms with Crippen LogP contribution in [0.1, 0.15) is 38.2 Å². The standard InChI is InChI=1S/C18H30N4O2S/c1-3-4-5-8-12-20-18(19-2)21-13-15-25(23,24)22-14-11-16-9-6-7-10-17(16)22/h6-7,9-10H,3-5,8,11-15H2,1-2H3,(H2,19,20,21). The third kappa shape index (κ3) is 5.63. The molecule has 7 heteroatoms. The van der Waals surface area contributed by atoms with Crippen LogP contribution in [0, 0.1) is 0 Å². The first-order valence-electron chi connectivity index (χ1n) is 9.11. The molecule has 140 valence electrons. The lowest BCUT2D eigenvalue weighted by Crippen LogP contribution is -2.42. The average molecular weight is 367 g/mol. The third-order valence-electron chi connectivity index (χ3n) is 4.38. The Balaban J connectivity index is 1.78. The Bertz CT molecular complexity index is 673. The van der Waals surface area contributed by atoms with Crippen molar-refractivity contribution in [3.05, 3.63) is 29.8 Å². The molecule has 0 radical (unpaired) electrons. The van der Waals surface area contributed by atoms with E-state index < -0.39 is 10.0 Å². The van der Waals surface area contributed by atoms with Crippen LogP contribution in [0.2, 0.25) is 0 Å². The molecule has 0 aliphatic carbocycles. The fourth-order valence-corrected chi connectivity index (χ4v) is 4.41. The minimum Gasteiger partial charge on any atom is -0.356 e. The zero-order valence-corrected chi connectivity index (χ0v) is 16.1. The van der Waals surface area contributed by atoms with E-state index in [1.807, 2.05) is 24.3 Å². The van der Waals surface area contributed by atoms with Gasteiger partial charge in [0.25, 0.3) is 0 Å². The molecule has 1 aromatic carbocycles. The predicted molar refractivity (Wildman–Crippen MR) is 105 cm³/mol. The summed E-state index contributed by atoms with van der Waals surface area (Å²) in [6.45, 7) is 3.92. The Hall–Kier alpha value is -1.76. The number of sulfonamides is 1. The minimum absolute atomic E-state index is 0.0534. The van der Waals surface area contributed by atoms with E-state index in [4.69, 9.17) is 0 Å². The van der Waals surface area contributed by atoms with Gasteiger partial charge < -0.3 is 10.6 Å². The van der Waals surface area contributed by atoms with Crippen molar-refractivity contribution < 1.29 is 8.42 Å². The van der Waals surface area contributed by atoms with E-state index in [0.717, 1.165) is 30.6 Å². The first kappa shape index (κ1) is 19.6. The second kappa shape index (κ2) is 9.65. The number of unbranched alkanes of at least 4 members (excludes halogenated alkanes) is 3. The van der Waals surface area contributed by atoms with Crippen molar-refractivity contribution in [1.29, 1.82) is 0 Å². The van der Waals surface area contributed by atoms with Gasteiger partial charge in [-0.25, -0.2) is 8.42 Å². The van der Waals surface area contributed by atoms with Crippen molar-refractivity contribution >= 4 is 21.7 Å². The van der Waals surface area contributed by atoms with Gasteiger partial charge in [0, 0.05) is 26.7 Å². The number of guanidine groups is 1. The molecule has 2 N–H and O–H groups in total. The summed E-state index contributed by atoms with van der Waals surface area (Å²) in [4.78, 5) is 4.14. The van der Waals surface area contributed by atoms with Crippen molar-refractivity contribution in [2.75, 3.05) is 36.7 Å². The summed E-state index contributed by atoms with van der Waals surface area (Å²) in [6, 6.07) is 7.71. The summed E-state index contributed by atoms with van der Waals surface area (Å²) in [6.07, 6.45) is 5.53. The lowest BCUT2D eigenvalue weighted by Gasteiger charge is -2.20. The van der Waals surface area contributed by atoms with Crippen LogP contribution in [0.5, 0.6) is 0 Å². The predicted octanol–water partition coefficient (Wildman–Crippen LogP) is 2.12. The number of anilines is 1. The zero-order valence-electron chi connectivity index (χ0n) is 15.3. The summed E-state index contributed by atoms with van der Waals surface area (Å²) in [5.41, 5.74) is 1.92. The molecule has 25 heavy (non-hydrogen) atoms. The minimum atomic E-state index is -3.32. The normalized spacial score (nSPS) is 14.5. The highest BCUT2D eigenvalue weighted by atomic mass is 32.2. The quantitative estimate of drug-likeness (QED) is 0.399. The largest absolute Gasteiger partial charge is 0.356 e. The Morgan fingerprint density at radius 2 is 1.92 bits per heavy atom. The average Bonchev–Trinajstić information content (AvgIpc) is 3.05. The van der Waals surface area contributed by atoms with Crippen LogP contribution >= 0.6 is 0 Å². The molecule has 1 aliphatic rings. The summed E-state index contributed by atoms with van der Waals surface area (Å²) < 4.78 is 26.8. The summed E-state index contributed by atoms with van der Waals surface area (Å²) >= 11 is 0. The molecule has 0 saturated carbocycles. The molecular weight excluding hydrogens is 336 g/mol. The molecule has 0 atom stereocenters. The van der Waals surface area contributed by atoms with E-state index in [-0.39, 0.29) is 5.75 Å². The number of hydrogen-bond donors (Lipinski definition) is 2. The molecule has 0 unspecified atom stereocenters. The van der Waals surface area contributed by atoms with E-state index in [2.05, 4.69) is 22.5 Å². The topological polar surface area (TPSA) is 73.8 Å². The second-order valence-electron chi connectivity index (χ2n) is 6.25. The number of nitrogens with zero attached hydrogens (tertiary/aromatic N) is 2. The van der Waals surface area contributed by atoms with Crippen LogP contribution in [0.15, 0.2) is 29.3 Å². The van der Waals surface area contributed by atoms with E-state index in [1.54, 1.807) is 7.05 Å². The van der Waals surface area contributed by atoms with Crippen molar-refractivity contribution in [2.45, 2.75) is 39.0 Å². The van der Waals surface area contributed by atoms with Crippen molar-refractivity contribution in [3.63, 3.8) is 0 Å². The maximum absolute atomic E-state index is 12.6. The molecule has 0 amide bonds. The molecule has 0 bridgehead atoms. The van der Waals surface area contributed by atoms with Gasteiger partial charge in [-0.2, -0.15) is 0 Å². The Morgan fingerprint density at radius 3 is 2.68 bits per heavy atom. The van der Waals surface area contributed by atoms with Crippen LogP contribution in [-0.4, -0.2) is 46.8 Å². The van der Waals surface area contributed by atoms with Gasteiger partial charge in [-0.05, 0) is 24.5 Å². The highest BCUT2D eigenvalue weighted by Crippen LogP contribution is 2.29. The summed E-state index contributed by atoms with van der Waals surface area (Å²) in [5.74, 6) is 0.714. The van der Waals surface area contributed by atoms with Crippen molar-refractivity contribution in [3.8, 4) is 0 Å². The zero-order chi connectivity index (χ0) is 18.1. The molecule has 0 aromatic heterocycles. The molecule has 0 spiro atoms. The first-order chi connectivity index (χ1) is 12.1. The molecule has 1 aliphatic heterocycles. The van der Waals surface area contributed by atoms with Crippen molar-refractivity contribution in [1.82, 2.24) is 10.6 Å². The SMILES string of the molecule is CCCCCCNC(=NC)NCCS(=O)(=O)N1CCc2ccccc21. The Kier molecular flexibility index (Phi) is 7.55. The van der Waals surface area contributed by atoms with Crippen LogP contribution < -0.4 is 14.9 Å². The number of rotatable bonds is 9. The van der Waals surface area contributed by atoms with Gasteiger partial charge in [0.15, 0.2) is 5.96 Å². The number of benzene rings is 1. The number of nitrogens with one attached hydrogen (secondary N) is 2. The molecule has 0 fully saturated rings. The number of para-hydroxylation sites is 1. The number of aliphatic imine (C=N–C) groups is 1. The molecule has 6 nitrogen and oxygen atoms in total. The van der Waals surface area contributed by atoms with E-state index in [1.165, 1.54) is 23.6 Å². The highest BCUT2D eigenvalue weighted by molar-refractivity contribution is 7.92. The van der Waals surface area contributed by atoms with Crippen molar-refractivity contribution in [2.24, 2.45) is 4.99 Å². The lowest BCUT2D eigenvalue weighted by molar-refractivity contribution is 0.590. The van der Waals surface area contributed by atoms with E-state index in [9.17, 15) is 8.42 Å². The Morgan fingerprint density at radius 1 is 1.16 bits per heavy atom. The van der Waals surface area contributed by atoms with Crippen LogP contribution in [-0.2, 0) is 16.4 Å². The molecule has 0 saturated heterocycles. The first-order valence-corrected chi connectivity index (χ1v) is 10.7. The smallest absolute Gasteiger partial charge is 0.236 e. The molecule has 1 heterocycles. The molecule has 2 rings (SSSR count). The van der Waals surface area contributed by atoms with E-state index >= 15 is 0 Å². The maximum atomic E-state index is 12.6. The molecule has 1 aromatic rings. The fraction of sp³-hybridized carbons (Fsp3) is 0.611. The lowest BCUT2D eigenvalue weighted by atomic mass is 10.2. The van der Waals surface area contributed by atoms with Gasteiger partial charge >= 0.3 is 0 Å². The number of hydrogen-bond acceptors (Lipinski definition) is 3. The number of fused-ring (bicyclic) bond motifs is 1. The van der Waals surface area contributed by atoms with Gasteiger partial charge in [-0.15, -0.1) is 0 Å². The van der Waals surface area contributed by atoms with Gasteiger partial charge in [-0.1, -0.05) is 44.4 Å². The fourth-order valence-electron chi connectivity index (χ4n) is 2.98. The van der Waals surface area contributed by atoms with Gasteiger partial charge in [0.1, 0.15) is 0 Å². The van der Waals surface area contributed by atoms with E-state index in [0.29, 0.717) is 19.0 Å². The van der Waals surface area contributed by atoms with Crippen LogP contribution in [0.4, 0.5) is 5.69 Å². The summed E-state index contributed by atoms with van der Waals surface area (Å²) in [7, 11) is -1.62. The summed E-state index contributed by atoms with van der Waals surface area (Å²) in [5, 5.41) is 6.33. The van der Waals surface area contributed by atoms with Crippen LogP contribution in [0.3, 0.4) is 0 Å². The maximum Gasteiger partial charge on any atom is 0.236 e. The van der Waals surface area contributed by atoms with Crippen LogP contribution in [0.25, 0.3) is 0 Å². The van der Waals surface area contributed by atoms with Gasteiger partial charge in [-0.3, -0.25) is 9.30 Å². The second-order valence-corrected chi connectivity index (χ2v) is 8.27. The molecular formula is C18H30N4O2S. The highest BCUT2D eigenvalue weighted by Gasteiger charge is 2.28. The van der Waals surface area contributed by atoms with Gasteiger partial charge in [0.2, 0.25) is 10.0 Å². The monoisotopic (exact) mass is 366 g/mol.